The molecule has 0 aliphatic carbocycles. The van der Waals surface area contributed by atoms with Gasteiger partial charge in [-0.15, -0.1) is 0 Å². The lowest BCUT2D eigenvalue weighted by Gasteiger charge is -2.43. The summed E-state index contributed by atoms with van der Waals surface area (Å²) in [6, 6.07) is 26.1. The van der Waals surface area contributed by atoms with Crippen molar-refractivity contribution in [2.45, 2.75) is 31.6 Å². The van der Waals surface area contributed by atoms with Crippen LogP contribution >= 0.6 is 0 Å². The third-order valence-corrected chi connectivity index (χ3v) is 7.71. The summed E-state index contributed by atoms with van der Waals surface area (Å²) in [6.07, 6.45) is 2.66. The fourth-order valence-electron chi connectivity index (χ4n) is 5.81. The highest BCUT2D eigenvalue weighted by Gasteiger charge is 2.43. The number of hydrogen-bond donors (Lipinski definition) is 1. The lowest BCUT2D eigenvalue weighted by Crippen LogP contribution is -2.57. The van der Waals surface area contributed by atoms with Crippen LogP contribution in [0.4, 0.5) is 10.2 Å². The number of rotatable bonds is 5. The fraction of sp³-hybridized carbons (Fsp3) is 0.219. The number of piperidine rings is 1. The second-order valence-corrected chi connectivity index (χ2v) is 10.1. The predicted octanol–water partition coefficient (Wildman–Crippen LogP) is 6.03. The molecule has 1 aliphatic rings. The maximum absolute atomic E-state index is 16.9. The molecule has 1 amide bonds. The summed E-state index contributed by atoms with van der Waals surface area (Å²) >= 11 is 0. The molecule has 2 aromatic heterocycles. The Hall–Kier alpha value is -4.52. The number of amides is 1. The molecule has 196 valence electrons. The monoisotopic (exact) mass is 519 g/mol. The first-order valence-electron chi connectivity index (χ1n) is 13.2. The molecule has 1 saturated heterocycles. The Balaban J connectivity index is 1.43. The maximum atomic E-state index is 16.9. The number of nitrogens with one attached hydrogen (secondary N) is 1. The Morgan fingerprint density at radius 1 is 0.974 bits per heavy atom. The van der Waals surface area contributed by atoms with Crippen molar-refractivity contribution in [1.82, 2.24) is 20.1 Å². The summed E-state index contributed by atoms with van der Waals surface area (Å²) in [5.74, 6) is 0.0104. The van der Waals surface area contributed by atoms with E-state index in [-0.39, 0.29) is 11.8 Å². The molecule has 0 bridgehead atoms. The smallest absolute Gasteiger partial charge is 0.251 e. The third kappa shape index (κ3) is 4.54. The predicted molar refractivity (Wildman–Crippen MR) is 152 cm³/mol. The van der Waals surface area contributed by atoms with Gasteiger partial charge in [-0.05, 0) is 42.5 Å². The van der Waals surface area contributed by atoms with E-state index in [9.17, 15) is 4.79 Å². The lowest BCUT2D eigenvalue weighted by molar-refractivity contribution is 0.0874. The number of hydrogen-bond acceptors (Lipinski definition) is 4. The molecule has 5 aromatic rings. The Bertz CT molecular complexity index is 1610. The zero-order valence-corrected chi connectivity index (χ0v) is 22.0. The largest absolute Gasteiger partial charge is 0.344 e. The third-order valence-electron chi connectivity index (χ3n) is 7.71. The van der Waals surface area contributed by atoms with Gasteiger partial charge in [-0.2, -0.15) is 5.10 Å². The number of carbonyl (C=O) groups is 1. The Kier molecular flexibility index (Phi) is 6.57. The van der Waals surface area contributed by atoms with Gasteiger partial charge in [0.1, 0.15) is 5.82 Å². The number of benzene rings is 3. The first-order chi connectivity index (χ1) is 19.0. The van der Waals surface area contributed by atoms with Crippen molar-refractivity contribution in [3.8, 4) is 11.3 Å². The van der Waals surface area contributed by atoms with E-state index in [4.69, 9.17) is 0 Å². The standard InChI is InChI=1S/C32H30FN5O/c1-21-10-9-15-22-16-18-34-31(27(21)22)38-19-17-25(26-20-35-37(2)29(26)23-11-5-3-6-12-23)28(30(38)33)36-32(39)24-13-7-4-8-14-24/h3-16,18,20,25,28,30H,17,19H2,1-2H3,(H,36,39)/t25-,28-,30+/m1/s1. The van der Waals surface area contributed by atoms with Gasteiger partial charge in [-0.3, -0.25) is 9.48 Å². The molecule has 6 rings (SSSR count). The van der Waals surface area contributed by atoms with Gasteiger partial charge in [0.2, 0.25) is 0 Å². The van der Waals surface area contributed by atoms with Gasteiger partial charge in [0.15, 0.2) is 6.30 Å². The molecule has 1 fully saturated rings. The number of anilines is 1. The Morgan fingerprint density at radius 3 is 2.49 bits per heavy atom. The summed E-state index contributed by atoms with van der Waals surface area (Å²) in [7, 11) is 1.90. The number of pyridine rings is 1. The van der Waals surface area contributed by atoms with Crippen LogP contribution in [0.2, 0.25) is 0 Å². The lowest BCUT2D eigenvalue weighted by atomic mass is 9.83. The fourth-order valence-corrected chi connectivity index (χ4v) is 5.81. The van der Waals surface area contributed by atoms with Crippen molar-refractivity contribution < 1.29 is 9.18 Å². The number of aryl methyl sites for hydroxylation is 2. The van der Waals surface area contributed by atoms with Gasteiger partial charge < -0.3 is 10.2 Å². The van der Waals surface area contributed by atoms with Crippen LogP contribution in [0.1, 0.15) is 33.8 Å². The van der Waals surface area contributed by atoms with E-state index >= 15 is 4.39 Å². The van der Waals surface area contributed by atoms with Gasteiger partial charge >= 0.3 is 0 Å². The zero-order valence-electron chi connectivity index (χ0n) is 22.0. The maximum Gasteiger partial charge on any atom is 0.251 e. The van der Waals surface area contributed by atoms with Crippen molar-refractivity contribution >= 4 is 22.5 Å². The number of halogens is 1. The summed E-state index contributed by atoms with van der Waals surface area (Å²) < 4.78 is 18.7. The molecule has 1 aliphatic heterocycles. The molecule has 7 heteroatoms. The van der Waals surface area contributed by atoms with Crippen molar-refractivity contribution in [3.05, 3.63) is 114 Å². The highest BCUT2D eigenvalue weighted by atomic mass is 19.1. The SMILES string of the molecule is Cc1cccc2ccnc(N3CC[C@H](c4cnn(C)c4-c4ccccc4)[C@@H](NC(=O)c4ccccc4)[C@H]3F)c12. The molecule has 3 atom stereocenters. The molecule has 0 saturated carbocycles. The molecule has 3 aromatic carbocycles. The van der Waals surface area contributed by atoms with Gasteiger partial charge in [0.05, 0.1) is 17.9 Å². The second-order valence-electron chi connectivity index (χ2n) is 10.1. The van der Waals surface area contributed by atoms with Gasteiger partial charge in [0, 0.05) is 47.8 Å². The van der Waals surface area contributed by atoms with Crippen molar-refractivity contribution in [2.24, 2.45) is 7.05 Å². The Labute approximate surface area is 227 Å². The van der Waals surface area contributed by atoms with Crippen molar-refractivity contribution in [2.75, 3.05) is 11.4 Å². The minimum Gasteiger partial charge on any atom is -0.344 e. The summed E-state index contributed by atoms with van der Waals surface area (Å²) in [5, 5.41) is 9.56. The molecule has 39 heavy (non-hydrogen) atoms. The molecule has 0 radical (unpaired) electrons. The van der Waals surface area contributed by atoms with Crippen molar-refractivity contribution in [1.29, 1.82) is 0 Å². The number of aromatic nitrogens is 3. The number of carbonyl (C=O) groups excluding carboxylic acids is 1. The van der Waals surface area contributed by atoms with Crippen LogP contribution in [0.5, 0.6) is 0 Å². The van der Waals surface area contributed by atoms with E-state index in [0.717, 1.165) is 33.2 Å². The van der Waals surface area contributed by atoms with Crippen LogP contribution in [0.3, 0.4) is 0 Å². The first-order valence-corrected chi connectivity index (χ1v) is 13.2. The van der Waals surface area contributed by atoms with E-state index in [1.165, 1.54) is 0 Å². The molecule has 1 N–H and O–H groups in total. The van der Waals surface area contributed by atoms with E-state index in [1.807, 2.05) is 97.6 Å². The quantitative estimate of drug-likeness (QED) is 0.288. The van der Waals surface area contributed by atoms with Crippen LogP contribution in [0.25, 0.3) is 22.0 Å². The van der Waals surface area contributed by atoms with Crippen LogP contribution in [0, 0.1) is 6.92 Å². The summed E-state index contributed by atoms with van der Waals surface area (Å²) in [5.41, 5.74) is 4.39. The highest BCUT2D eigenvalue weighted by molar-refractivity contribution is 5.96. The minimum atomic E-state index is -1.50. The van der Waals surface area contributed by atoms with E-state index < -0.39 is 12.3 Å². The molecule has 3 heterocycles. The molecule has 0 spiro atoms. The first kappa shape index (κ1) is 24.8. The molecular formula is C32H30FN5O. The van der Waals surface area contributed by atoms with Crippen LogP contribution in [0.15, 0.2) is 97.3 Å². The zero-order chi connectivity index (χ0) is 26.9. The number of nitrogens with zero attached hydrogens (tertiary/aromatic N) is 4. The second kappa shape index (κ2) is 10.3. The van der Waals surface area contributed by atoms with Gasteiger partial charge in [-0.1, -0.05) is 66.7 Å². The van der Waals surface area contributed by atoms with Gasteiger partial charge in [0.25, 0.3) is 5.91 Å². The van der Waals surface area contributed by atoms with E-state index in [0.29, 0.717) is 24.3 Å². The van der Waals surface area contributed by atoms with Crippen LogP contribution in [-0.4, -0.2) is 39.6 Å². The number of alkyl halides is 1. The Morgan fingerprint density at radius 2 is 1.72 bits per heavy atom. The average Bonchev–Trinajstić information content (AvgIpc) is 3.35. The van der Waals surface area contributed by atoms with E-state index in [1.54, 1.807) is 23.2 Å². The van der Waals surface area contributed by atoms with Gasteiger partial charge in [-0.25, -0.2) is 9.37 Å². The van der Waals surface area contributed by atoms with Crippen molar-refractivity contribution in [3.63, 3.8) is 0 Å². The topological polar surface area (TPSA) is 63.1 Å². The van der Waals surface area contributed by atoms with Crippen LogP contribution in [-0.2, 0) is 7.05 Å². The van der Waals surface area contributed by atoms with Crippen LogP contribution < -0.4 is 10.2 Å². The average molecular weight is 520 g/mol. The minimum absolute atomic E-state index is 0.288. The summed E-state index contributed by atoms with van der Waals surface area (Å²) in [6.45, 7) is 2.47. The summed E-state index contributed by atoms with van der Waals surface area (Å²) in [4.78, 5) is 19.7. The highest BCUT2D eigenvalue weighted by Crippen LogP contribution is 2.40. The molecular weight excluding hydrogens is 489 g/mol. The van der Waals surface area contributed by atoms with E-state index in [2.05, 4.69) is 15.4 Å². The molecule has 0 unspecified atom stereocenters. The molecule has 6 nitrogen and oxygen atoms in total. The normalized spacial score (nSPS) is 19.3. The number of fused-ring (bicyclic) bond motifs is 1.